The number of nitrogens with one attached hydrogen (secondary N) is 1. The Labute approximate surface area is 256 Å². The van der Waals surface area contributed by atoms with Crippen LogP contribution in [0.3, 0.4) is 0 Å². The molecule has 0 spiro atoms. The molecule has 5 aromatic rings. The maximum Gasteiger partial charge on any atom is 0.407 e. The molecule has 9 nitrogen and oxygen atoms in total. The zero-order chi connectivity index (χ0) is 30.7. The summed E-state index contributed by atoms with van der Waals surface area (Å²) in [4.78, 5) is 23.4. The summed E-state index contributed by atoms with van der Waals surface area (Å²) >= 11 is 0. The van der Waals surface area contributed by atoms with Gasteiger partial charge >= 0.3 is 6.09 Å². The fourth-order valence-corrected chi connectivity index (χ4v) is 7.35. The molecule has 1 aliphatic carbocycles. The van der Waals surface area contributed by atoms with Gasteiger partial charge in [-0.3, -0.25) is 0 Å². The summed E-state index contributed by atoms with van der Waals surface area (Å²) < 4.78 is 28.7. The topological polar surface area (TPSA) is 117 Å². The number of fused-ring (bicyclic) bond motifs is 1. The molecule has 1 fully saturated rings. The quantitative estimate of drug-likeness (QED) is 0.188. The van der Waals surface area contributed by atoms with Gasteiger partial charge < -0.3 is 15.3 Å². The van der Waals surface area contributed by atoms with E-state index in [1.54, 1.807) is 54.9 Å². The zero-order valence-electron chi connectivity index (χ0n) is 24.1. The Morgan fingerprint density at radius 2 is 1.73 bits per heavy atom. The molecular formula is C34H33N5O4S. The van der Waals surface area contributed by atoms with Crippen molar-refractivity contribution in [3.8, 4) is 11.3 Å². The highest BCUT2D eigenvalue weighted by Crippen LogP contribution is 2.35. The van der Waals surface area contributed by atoms with Gasteiger partial charge in [-0.2, -0.15) is 0 Å². The lowest BCUT2D eigenvalue weighted by atomic mass is 9.90. The van der Waals surface area contributed by atoms with E-state index in [9.17, 15) is 18.3 Å². The third-order valence-corrected chi connectivity index (χ3v) is 9.82. The van der Waals surface area contributed by atoms with Gasteiger partial charge in [-0.25, -0.2) is 27.2 Å². The number of carboxylic acid groups (broad SMARTS) is 1. The molecule has 2 heterocycles. The summed E-state index contributed by atoms with van der Waals surface area (Å²) in [6.45, 7) is 4.27. The summed E-state index contributed by atoms with van der Waals surface area (Å²) in [7, 11) is -3.87. The highest BCUT2D eigenvalue weighted by Gasteiger charge is 2.30. The highest BCUT2D eigenvalue weighted by atomic mass is 32.2. The first-order valence-electron chi connectivity index (χ1n) is 14.6. The second-order valence-corrected chi connectivity index (χ2v) is 12.7. The Kier molecular flexibility index (Phi) is 8.17. The minimum atomic E-state index is -3.87. The van der Waals surface area contributed by atoms with Crippen molar-refractivity contribution in [2.45, 2.75) is 49.2 Å². The van der Waals surface area contributed by atoms with Crippen LogP contribution < -0.4 is 5.32 Å². The molecule has 1 saturated carbocycles. The van der Waals surface area contributed by atoms with Crippen LogP contribution in [0.25, 0.3) is 28.2 Å². The van der Waals surface area contributed by atoms with Crippen molar-refractivity contribution >= 4 is 39.0 Å². The van der Waals surface area contributed by atoms with E-state index in [0.717, 1.165) is 30.2 Å². The normalized spacial score (nSPS) is 16.8. The van der Waals surface area contributed by atoms with Crippen molar-refractivity contribution in [1.82, 2.24) is 18.8 Å². The molecule has 0 radical (unpaired) electrons. The molecule has 0 bridgehead atoms. The summed E-state index contributed by atoms with van der Waals surface area (Å²) in [5.74, 6) is 0.393. The van der Waals surface area contributed by atoms with E-state index >= 15 is 0 Å². The van der Waals surface area contributed by atoms with Crippen molar-refractivity contribution < 1.29 is 18.3 Å². The van der Waals surface area contributed by atoms with E-state index in [0.29, 0.717) is 41.3 Å². The van der Waals surface area contributed by atoms with Crippen molar-refractivity contribution in [2.75, 3.05) is 5.32 Å². The first-order valence-corrected chi connectivity index (χ1v) is 16.0. The van der Waals surface area contributed by atoms with Crippen molar-refractivity contribution in [1.29, 1.82) is 0 Å². The Bertz CT molecular complexity index is 1910. The summed E-state index contributed by atoms with van der Waals surface area (Å²) in [5.41, 5.74) is 3.35. The minimum Gasteiger partial charge on any atom is -0.465 e. The molecular weight excluding hydrogens is 574 g/mol. The van der Waals surface area contributed by atoms with Gasteiger partial charge in [-0.1, -0.05) is 79.4 Å². The van der Waals surface area contributed by atoms with Gasteiger partial charge in [-0.05, 0) is 49.4 Å². The molecule has 10 heteroatoms. The SMILES string of the molecule is C=Cc1cnc(N[C@@H]2CCC[C@H](N(Cc3ccccc3)C(=O)O)C2)nc1-c1cn(S(=O)(=O)c2ccccc2)c2ccccc12. The Balaban J connectivity index is 1.31. The lowest BCUT2D eigenvalue weighted by Crippen LogP contribution is -2.44. The van der Waals surface area contributed by atoms with Crippen molar-refractivity contribution in [3.05, 3.63) is 115 Å². The number of benzene rings is 3. The van der Waals surface area contributed by atoms with Gasteiger partial charge in [-0.15, -0.1) is 0 Å². The number of hydrogen-bond donors (Lipinski definition) is 2. The van der Waals surface area contributed by atoms with Gasteiger partial charge in [0.2, 0.25) is 5.95 Å². The van der Waals surface area contributed by atoms with Crippen molar-refractivity contribution in [3.63, 3.8) is 0 Å². The van der Waals surface area contributed by atoms with Crippen LogP contribution in [-0.4, -0.2) is 50.5 Å². The van der Waals surface area contributed by atoms with Crippen LogP contribution in [0.2, 0.25) is 0 Å². The molecule has 1 amide bonds. The summed E-state index contributed by atoms with van der Waals surface area (Å²) in [6, 6.07) is 25.1. The molecule has 224 valence electrons. The first kappa shape index (κ1) is 29.1. The molecule has 2 N–H and O–H groups in total. The van der Waals surface area contributed by atoms with E-state index in [1.807, 2.05) is 48.5 Å². The Hall–Kier alpha value is -4.96. The largest absolute Gasteiger partial charge is 0.465 e. The number of para-hydroxylation sites is 1. The fraction of sp³-hybridized carbons (Fsp3) is 0.206. The molecule has 3 aromatic carbocycles. The lowest BCUT2D eigenvalue weighted by Gasteiger charge is -2.36. The van der Waals surface area contributed by atoms with Gasteiger partial charge in [0.25, 0.3) is 10.0 Å². The third-order valence-electron chi connectivity index (χ3n) is 8.13. The molecule has 2 atom stereocenters. The fourth-order valence-electron chi connectivity index (χ4n) is 5.96. The van der Waals surface area contributed by atoms with Crippen LogP contribution in [0.4, 0.5) is 10.7 Å². The smallest absolute Gasteiger partial charge is 0.407 e. The number of nitrogens with zero attached hydrogens (tertiary/aromatic N) is 4. The molecule has 2 aromatic heterocycles. The molecule has 6 rings (SSSR count). The monoisotopic (exact) mass is 607 g/mol. The standard InChI is InChI=1S/C34H33N5O4S/c1-2-25-21-35-33(36-26-14-11-15-27(20-26)38(34(40)41)22-24-12-5-3-6-13-24)37-32(25)30-23-39(31-19-10-9-18-29(30)31)44(42,43)28-16-7-4-8-17-28/h2-10,12-13,16-19,21,23,26-27H,1,11,14-15,20,22H2,(H,40,41)(H,35,36,37)/t26-,27+/m1/s1. The molecule has 0 aliphatic heterocycles. The summed E-state index contributed by atoms with van der Waals surface area (Å²) in [5, 5.41) is 14.2. The number of anilines is 1. The highest BCUT2D eigenvalue weighted by molar-refractivity contribution is 7.90. The third kappa shape index (κ3) is 5.80. The minimum absolute atomic E-state index is 0.0337. The summed E-state index contributed by atoms with van der Waals surface area (Å²) in [6.07, 6.45) is 7.13. The van der Waals surface area contributed by atoms with Crippen LogP contribution in [0.15, 0.2) is 109 Å². The average molecular weight is 608 g/mol. The van der Waals surface area contributed by atoms with E-state index in [4.69, 9.17) is 4.98 Å². The number of hydrogen-bond acceptors (Lipinski definition) is 6. The number of amides is 1. The zero-order valence-corrected chi connectivity index (χ0v) is 24.9. The second-order valence-electron chi connectivity index (χ2n) is 10.9. The average Bonchev–Trinajstić information content (AvgIpc) is 3.45. The van der Waals surface area contributed by atoms with Crippen LogP contribution in [-0.2, 0) is 16.6 Å². The van der Waals surface area contributed by atoms with Gasteiger partial charge in [0.05, 0.1) is 16.1 Å². The predicted octanol–water partition coefficient (Wildman–Crippen LogP) is 6.88. The molecule has 1 aliphatic rings. The second kappa shape index (κ2) is 12.3. The number of aromatic nitrogens is 3. The maximum atomic E-state index is 13.7. The first-order chi connectivity index (χ1) is 21.3. The van der Waals surface area contributed by atoms with Gasteiger partial charge in [0.1, 0.15) is 0 Å². The van der Waals surface area contributed by atoms with Crippen LogP contribution in [0.1, 0.15) is 36.8 Å². The van der Waals surface area contributed by atoms with Crippen LogP contribution in [0, 0.1) is 0 Å². The van der Waals surface area contributed by atoms with Crippen LogP contribution in [0.5, 0.6) is 0 Å². The number of rotatable bonds is 9. The van der Waals surface area contributed by atoms with Gasteiger partial charge in [0, 0.05) is 47.5 Å². The lowest BCUT2D eigenvalue weighted by molar-refractivity contribution is 0.105. The maximum absolute atomic E-state index is 13.7. The predicted molar refractivity (Wildman–Crippen MR) is 172 cm³/mol. The van der Waals surface area contributed by atoms with E-state index < -0.39 is 16.1 Å². The van der Waals surface area contributed by atoms with Crippen LogP contribution >= 0.6 is 0 Å². The molecule has 0 saturated heterocycles. The van der Waals surface area contributed by atoms with E-state index in [-0.39, 0.29) is 17.0 Å². The van der Waals surface area contributed by atoms with E-state index in [1.165, 1.54) is 8.87 Å². The van der Waals surface area contributed by atoms with Crippen molar-refractivity contribution in [2.24, 2.45) is 0 Å². The molecule has 0 unspecified atom stereocenters. The Morgan fingerprint density at radius 3 is 2.45 bits per heavy atom. The molecule has 44 heavy (non-hydrogen) atoms. The number of carbonyl (C=O) groups is 1. The van der Waals surface area contributed by atoms with Gasteiger partial charge in [0.15, 0.2) is 0 Å². The van der Waals surface area contributed by atoms with E-state index in [2.05, 4.69) is 16.9 Å². The Morgan fingerprint density at radius 1 is 1.02 bits per heavy atom.